The van der Waals surface area contributed by atoms with Crippen LogP contribution in [0.15, 0.2) is 60.7 Å². The highest BCUT2D eigenvalue weighted by atomic mass is 35.5. The van der Waals surface area contributed by atoms with Gasteiger partial charge in [0, 0.05) is 15.4 Å². The second kappa shape index (κ2) is 4.37. The summed E-state index contributed by atoms with van der Waals surface area (Å²) in [6.45, 7) is 0. The topological polar surface area (TPSA) is 0 Å². The molecular weight excluding hydrogens is 287 g/mol. The van der Waals surface area contributed by atoms with E-state index in [-0.39, 0.29) is 0 Å². The molecule has 20 heavy (non-hydrogen) atoms. The van der Waals surface area contributed by atoms with Gasteiger partial charge in [-0.2, -0.15) is 0 Å². The molecule has 4 rings (SSSR count). The standard InChI is InChI=1S/C18H10Cl2/c19-14-8-13-7-12-6-5-11-3-1-2-4-15(11)16(12)10-17(13)18(20)9-14/h1-10H. The molecule has 0 amide bonds. The van der Waals surface area contributed by atoms with E-state index in [1.807, 2.05) is 6.07 Å². The number of rotatable bonds is 0. The molecule has 2 heteroatoms. The van der Waals surface area contributed by atoms with Gasteiger partial charge < -0.3 is 0 Å². The lowest BCUT2D eigenvalue weighted by atomic mass is 9.98. The highest BCUT2D eigenvalue weighted by Gasteiger charge is 2.06. The summed E-state index contributed by atoms with van der Waals surface area (Å²) in [6.07, 6.45) is 0. The van der Waals surface area contributed by atoms with Crippen LogP contribution in [-0.2, 0) is 0 Å². The van der Waals surface area contributed by atoms with Gasteiger partial charge in [0.2, 0.25) is 0 Å². The Labute approximate surface area is 126 Å². The molecule has 0 aliphatic carbocycles. The Hall–Kier alpha value is -1.76. The van der Waals surface area contributed by atoms with Crippen molar-refractivity contribution in [1.82, 2.24) is 0 Å². The van der Waals surface area contributed by atoms with Gasteiger partial charge in [0.05, 0.1) is 0 Å². The van der Waals surface area contributed by atoms with Crippen molar-refractivity contribution in [2.45, 2.75) is 0 Å². The molecule has 0 aromatic heterocycles. The third-order valence-corrected chi connectivity index (χ3v) is 4.26. The van der Waals surface area contributed by atoms with E-state index in [9.17, 15) is 0 Å². The Morgan fingerprint density at radius 3 is 2.25 bits per heavy atom. The van der Waals surface area contributed by atoms with Crippen LogP contribution < -0.4 is 0 Å². The third-order valence-electron chi connectivity index (χ3n) is 3.73. The summed E-state index contributed by atoms with van der Waals surface area (Å²) in [5, 5.41) is 8.40. The molecule has 0 nitrogen and oxygen atoms in total. The van der Waals surface area contributed by atoms with E-state index < -0.39 is 0 Å². The molecule has 96 valence electrons. The Morgan fingerprint density at radius 2 is 1.35 bits per heavy atom. The van der Waals surface area contributed by atoms with Crippen molar-refractivity contribution in [1.29, 1.82) is 0 Å². The summed E-state index contributed by atoms with van der Waals surface area (Å²) in [5.41, 5.74) is 0. The zero-order valence-electron chi connectivity index (χ0n) is 10.5. The SMILES string of the molecule is Clc1cc(Cl)c2cc3c(ccc4ccccc43)cc2c1. The quantitative estimate of drug-likeness (QED) is 0.258. The van der Waals surface area contributed by atoms with Crippen LogP contribution in [0.25, 0.3) is 32.3 Å². The predicted octanol–water partition coefficient (Wildman–Crippen LogP) is 6.45. The zero-order chi connectivity index (χ0) is 13.7. The summed E-state index contributed by atoms with van der Waals surface area (Å²) < 4.78 is 0. The van der Waals surface area contributed by atoms with Gasteiger partial charge in [0.25, 0.3) is 0 Å². The fourth-order valence-electron chi connectivity index (χ4n) is 2.79. The first-order valence-corrected chi connectivity index (χ1v) is 7.18. The van der Waals surface area contributed by atoms with E-state index in [0.29, 0.717) is 10.0 Å². The molecule has 0 aliphatic rings. The van der Waals surface area contributed by atoms with Crippen molar-refractivity contribution in [3.63, 3.8) is 0 Å². The molecule has 4 aromatic rings. The van der Waals surface area contributed by atoms with Crippen molar-refractivity contribution in [2.75, 3.05) is 0 Å². The van der Waals surface area contributed by atoms with E-state index >= 15 is 0 Å². The number of hydrogen-bond donors (Lipinski definition) is 0. The van der Waals surface area contributed by atoms with Gasteiger partial charge in [-0.15, -0.1) is 0 Å². The second-order valence-electron chi connectivity index (χ2n) is 4.97. The third kappa shape index (κ3) is 1.76. The van der Waals surface area contributed by atoms with Gasteiger partial charge in [0.1, 0.15) is 0 Å². The molecule has 0 N–H and O–H groups in total. The van der Waals surface area contributed by atoms with Crippen LogP contribution in [0.4, 0.5) is 0 Å². The smallest absolute Gasteiger partial charge is 0.0499 e. The fourth-order valence-corrected chi connectivity index (χ4v) is 3.35. The number of halogens is 2. The minimum atomic E-state index is 0.669. The monoisotopic (exact) mass is 296 g/mol. The molecule has 0 fully saturated rings. The van der Waals surface area contributed by atoms with Gasteiger partial charge in [0.15, 0.2) is 0 Å². The first-order chi connectivity index (χ1) is 9.72. The first-order valence-electron chi connectivity index (χ1n) is 6.43. The van der Waals surface area contributed by atoms with Crippen LogP contribution in [0, 0.1) is 0 Å². The summed E-state index contributed by atoms with van der Waals surface area (Å²) in [6, 6.07) is 20.7. The van der Waals surface area contributed by atoms with E-state index in [0.717, 1.165) is 10.8 Å². The molecule has 4 aromatic carbocycles. The van der Waals surface area contributed by atoms with Crippen LogP contribution in [0.2, 0.25) is 10.0 Å². The maximum atomic E-state index is 6.33. The van der Waals surface area contributed by atoms with Gasteiger partial charge in [-0.3, -0.25) is 0 Å². The summed E-state index contributed by atoms with van der Waals surface area (Å²) in [5.74, 6) is 0. The average molecular weight is 297 g/mol. The highest BCUT2D eigenvalue weighted by molar-refractivity contribution is 6.39. The van der Waals surface area contributed by atoms with E-state index in [1.165, 1.54) is 21.5 Å². The maximum absolute atomic E-state index is 6.33. The van der Waals surface area contributed by atoms with Crippen LogP contribution >= 0.6 is 23.2 Å². The van der Waals surface area contributed by atoms with Crippen LogP contribution in [0.5, 0.6) is 0 Å². The van der Waals surface area contributed by atoms with Crippen LogP contribution in [0.3, 0.4) is 0 Å². The summed E-state index contributed by atoms with van der Waals surface area (Å²) in [7, 11) is 0. The van der Waals surface area contributed by atoms with Crippen LogP contribution in [0.1, 0.15) is 0 Å². The molecule has 0 radical (unpaired) electrons. The van der Waals surface area contributed by atoms with Crippen LogP contribution in [-0.4, -0.2) is 0 Å². The summed E-state index contributed by atoms with van der Waals surface area (Å²) in [4.78, 5) is 0. The second-order valence-corrected chi connectivity index (χ2v) is 5.81. The molecule has 0 atom stereocenters. The minimum absolute atomic E-state index is 0.669. The lowest BCUT2D eigenvalue weighted by Gasteiger charge is -2.08. The number of fused-ring (bicyclic) bond motifs is 4. The average Bonchev–Trinajstić information content (AvgIpc) is 2.45. The van der Waals surface area contributed by atoms with Crippen molar-refractivity contribution in [3.05, 3.63) is 70.7 Å². The number of benzene rings is 4. The van der Waals surface area contributed by atoms with Gasteiger partial charge in [-0.05, 0) is 51.2 Å². The fraction of sp³-hybridized carbons (Fsp3) is 0. The maximum Gasteiger partial charge on any atom is 0.0499 e. The molecule has 0 spiro atoms. The molecule has 0 unspecified atom stereocenters. The van der Waals surface area contributed by atoms with E-state index in [1.54, 1.807) is 6.07 Å². The largest absolute Gasteiger partial charge is 0.0843 e. The van der Waals surface area contributed by atoms with Crippen molar-refractivity contribution >= 4 is 55.5 Å². The predicted molar refractivity (Wildman–Crippen MR) is 89.0 cm³/mol. The van der Waals surface area contributed by atoms with E-state index in [4.69, 9.17) is 23.2 Å². The van der Waals surface area contributed by atoms with E-state index in [2.05, 4.69) is 48.5 Å². The molecular formula is C18H10Cl2. The molecule has 0 saturated heterocycles. The highest BCUT2D eigenvalue weighted by Crippen LogP contribution is 2.34. The number of hydrogen-bond acceptors (Lipinski definition) is 0. The van der Waals surface area contributed by atoms with Gasteiger partial charge in [-0.1, -0.05) is 59.6 Å². The lowest BCUT2D eigenvalue weighted by molar-refractivity contribution is 1.77. The van der Waals surface area contributed by atoms with Gasteiger partial charge >= 0.3 is 0 Å². The Morgan fingerprint density at radius 1 is 0.550 bits per heavy atom. The summed E-state index contributed by atoms with van der Waals surface area (Å²) >= 11 is 12.4. The molecule has 0 bridgehead atoms. The van der Waals surface area contributed by atoms with Gasteiger partial charge in [-0.25, -0.2) is 0 Å². The molecule has 0 saturated carbocycles. The Bertz CT molecular complexity index is 971. The van der Waals surface area contributed by atoms with Crippen molar-refractivity contribution in [3.8, 4) is 0 Å². The zero-order valence-corrected chi connectivity index (χ0v) is 12.0. The Balaban J connectivity index is 2.24. The normalized spacial score (nSPS) is 11.5. The molecule has 0 heterocycles. The van der Waals surface area contributed by atoms with Crippen molar-refractivity contribution < 1.29 is 0 Å². The van der Waals surface area contributed by atoms with Crippen molar-refractivity contribution in [2.24, 2.45) is 0 Å². The Kier molecular flexibility index (Phi) is 2.63. The minimum Gasteiger partial charge on any atom is -0.0843 e. The first kappa shape index (κ1) is 12.0. The molecule has 0 aliphatic heterocycles. The lowest BCUT2D eigenvalue weighted by Crippen LogP contribution is -1.81.